The number of hydrogen-bond acceptors (Lipinski definition) is 7. The summed E-state index contributed by atoms with van der Waals surface area (Å²) in [6.45, 7) is 2.12. The Hall–Kier alpha value is -4.26. The maximum absolute atomic E-state index is 13.9. The van der Waals surface area contributed by atoms with Gasteiger partial charge in [-0.2, -0.15) is 5.26 Å². The van der Waals surface area contributed by atoms with E-state index in [2.05, 4.69) is 22.0 Å². The van der Waals surface area contributed by atoms with Gasteiger partial charge in [0.05, 0.1) is 40.6 Å². The molecule has 200 valence electrons. The maximum Gasteiger partial charge on any atom is 0.338 e. The van der Waals surface area contributed by atoms with Crippen LogP contribution in [-0.4, -0.2) is 17.6 Å². The van der Waals surface area contributed by atoms with Crippen LogP contribution in [0.15, 0.2) is 98.3 Å². The first-order valence-electron chi connectivity index (χ1n) is 12.5. The Morgan fingerprint density at radius 1 is 1.15 bits per heavy atom. The molecule has 3 aromatic carbocycles. The first kappa shape index (κ1) is 27.3. The van der Waals surface area contributed by atoms with Crippen LogP contribution in [0.3, 0.4) is 0 Å². The molecule has 0 N–H and O–H groups in total. The SMILES string of the molecule is CCC1=C(C(=O)OC)[C@@H](c2ccccc2)n2c(s/c(=C/c3cc(Br)ccc3OCc3ccccc3C#N)c2=O)=N1. The molecular weight excluding hydrogens is 590 g/mol. The van der Waals surface area contributed by atoms with E-state index >= 15 is 0 Å². The number of halogens is 1. The monoisotopic (exact) mass is 613 g/mol. The van der Waals surface area contributed by atoms with E-state index in [-0.39, 0.29) is 12.2 Å². The summed E-state index contributed by atoms with van der Waals surface area (Å²) in [6, 6.07) is 23.8. The van der Waals surface area contributed by atoms with Crippen molar-refractivity contribution in [3.8, 4) is 11.8 Å². The summed E-state index contributed by atoms with van der Waals surface area (Å²) in [5.41, 5.74) is 3.48. The highest BCUT2D eigenvalue weighted by molar-refractivity contribution is 9.10. The number of esters is 1. The van der Waals surface area contributed by atoms with Gasteiger partial charge in [-0.25, -0.2) is 9.79 Å². The van der Waals surface area contributed by atoms with Crippen molar-refractivity contribution >= 4 is 39.3 Å². The summed E-state index contributed by atoms with van der Waals surface area (Å²) in [5.74, 6) is 0.0509. The number of carbonyl (C=O) groups is 1. The van der Waals surface area contributed by atoms with E-state index in [1.165, 1.54) is 18.4 Å². The Labute approximate surface area is 243 Å². The number of fused-ring (bicyclic) bond motifs is 1. The number of thiazole rings is 1. The summed E-state index contributed by atoms with van der Waals surface area (Å²) in [5, 5.41) is 9.43. The number of rotatable bonds is 7. The molecule has 0 amide bonds. The van der Waals surface area contributed by atoms with Crippen LogP contribution in [0.1, 0.15) is 41.6 Å². The molecule has 1 aliphatic heterocycles. The molecule has 2 heterocycles. The van der Waals surface area contributed by atoms with Gasteiger partial charge in [-0.1, -0.05) is 82.7 Å². The van der Waals surface area contributed by atoms with Crippen LogP contribution >= 0.6 is 27.3 Å². The van der Waals surface area contributed by atoms with Crippen molar-refractivity contribution in [2.75, 3.05) is 7.11 Å². The third-order valence-electron chi connectivity index (χ3n) is 6.54. The lowest BCUT2D eigenvalue weighted by Gasteiger charge is -2.25. The van der Waals surface area contributed by atoms with Gasteiger partial charge < -0.3 is 9.47 Å². The molecule has 1 aliphatic rings. The lowest BCUT2D eigenvalue weighted by molar-refractivity contribution is -0.136. The molecule has 1 aromatic heterocycles. The van der Waals surface area contributed by atoms with Crippen LogP contribution in [0.4, 0.5) is 0 Å². The Kier molecular flexibility index (Phi) is 8.10. The van der Waals surface area contributed by atoms with Crippen LogP contribution in [-0.2, 0) is 16.1 Å². The van der Waals surface area contributed by atoms with Gasteiger partial charge in [-0.15, -0.1) is 0 Å². The van der Waals surface area contributed by atoms with Gasteiger partial charge in [-0.05, 0) is 42.3 Å². The summed E-state index contributed by atoms with van der Waals surface area (Å²) >= 11 is 4.78. The van der Waals surface area contributed by atoms with Crippen molar-refractivity contribution in [3.05, 3.63) is 130 Å². The minimum atomic E-state index is -0.664. The van der Waals surface area contributed by atoms with Crippen molar-refractivity contribution in [2.24, 2.45) is 4.99 Å². The van der Waals surface area contributed by atoms with Crippen molar-refractivity contribution in [2.45, 2.75) is 26.0 Å². The highest BCUT2D eigenvalue weighted by atomic mass is 79.9. The minimum absolute atomic E-state index is 0.198. The molecule has 0 fully saturated rings. The lowest BCUT2D eigenvalue weighted by atomic mass is 9.95. The number of aromatic nitrogens is 1. The van der Waals surface area contributed by atoms with E-state index in [1.807, 2.05) is 73.7 Å². The van der Waals surface area contributed by atoms with Gasteiger partial charge in [-0.3, -0.25) is 9.36 Å². The maximum atomic E-state index is 13.9. The van der Waals surface area contributed by atoms with Crippen molar-refractivity contribution in [1.82, 2.24) is 4.57 Å². The average Bonchev–Trinajstić information content (AvgIpc) is 3.30. The Morgan fingerprint density at radius 3 is 2.62 bits per heavy atom. The Morgan fingerprint density at radius 2 is 1.90 bits per heavy atom. The zero-order valence-electron chi connectivity index (χ0n) is 21.8. The summed E-state index contributed by atoms with van der Waals surface area (Å²) < 4.78 is 14.1. The average molecular weight is 615 g/mol. The molecule has 5 rings (SSSR count). The van der Waals surface area contributed by atoms with Crippen LogP contribution in [0.2, 0.25) is 0 Å². The van der Waals surface area contributed by atoms with Crippen LogP contribution in [0, 0.1) is 11.3 Å². The molecule has 7 nitrogen and oxygen atoms in total. The minimum Gasteiger partial charge on any atom is -0.488 e. The molecule has 0 unspecified atom stereocenters. The topological polar surface area (TPSA) is 93.7 Å². The molecule has 0 aliphatic carbocycles. The largest absolute Gasteiger partial charge is 0.488 e. The first-order chi connectivity index (χ1) is 19.4. The second-order valence-corrected chi connectivity index (χ2v) is 10.9. The Balaban J connectivity index is 1.64. The fraction of sp³-hybridized carbons (Fsp3) is 0.161. The smallest absolute Gasteiger partial charge is 0.338 e. The molecule has 0 saturated heterocycles. The lowest BCUT2D eigenvalue weighted by Crippen LogP contribution is -2.40. The third kappa shape index (κ3) is 5.28. The number of nitriles is 1. The molecule has 4 aromatic rings. The molecule has 9 heteroatoms. The van der Waals surface area contributed by atoms with Gasteiger partial charge in [0.1, 0.15) is 12.4 Å². The molecule has 0 saturated carbocycles. The normalized spacial score (nSPS) is 14.8. The molecular formula is C31H24BrN3O4S. The number of hydrogen-bond donors (Lipinski definition) is 0. The predicted octanol–water partition coefficient (Wildman–Crippen LogP) is 5.01. The number of nitrogens with zero attached hydrogens (tertiary/aromatic N) is 3. The summed E-state index contributed by atoms with van der Waals surface area (Å²) in [6.07, 6.45) is 2.28. The van der Waals surface area contributed by atoms with Gasteiger partial charge in [0, 0.05) is 15.6 Å². The number of carbonyl (C=O) groups excluding carboxylic acids is 1. The summed E-state index contributed by atoms with van der Waals surface area (Å²) in [7, 11) is 1.33. The molecule has 0 spiro atoms. The van der Waals surface area contributed by atoms with Gasteiger partial charge in [0.2, 0.25) is 0 Å². The Bertz CT molecular complexity index is 1850. The van der Waals surface area contributed by atoms with Crippen LogP contribution < -0.4 is 19.6 Å². The fourth-order valence-corrected chi connectivity index (χ4v) is 6.02. The van der Waals surface area contributed by atoms with E-state index in [1.54, 1.807) is 16.7 Å². The quantitative estimate of drug-likeness (QED) is 0.273. The van der Waals surface area contributed by atoms with E-state index in [0.29, 0.717) is 43.9 Å². The summed E-state index contributed by atoms with van der Waals surface area (Å²) in [4.78, 5) is 32.1. The molecule has 40 heavy (non-hydrogen) atoms. The fourth-order valence-electron chi connectivity index (χ4n) is 4.63. The van der Waals surface area contributed by atoms with E-state index < -0.39 is 12.0 Å². The second kappa shape index (κ2) is 11.9. The van der Waals surface area contributed by atoms with Gasteiger partial charge in [0.25, 0.3) is 5.56 Å². The van der Waals surface area contributed by atoms with E-state index in [0.717, 1.165) is 15.6 Å². The van der Waals surface area contributed by atoms with E-state index in [9.17, 15) is 14.9 Å². The number of allylic oxidation sites excluding steroid dienone is 1. The molecule has 0 radical (unpaired) electrons. The number of ether oxygens (including phenoxy) is 2. The molecule has 1 atom stereocenters. The van der Waals surface area contributed by atoms with Gasteiger partial charge >= 0.3 is 5.97 Å². The number of benzene rings is 3. The van der Waals surface area contributed by atoms with Crippen LogP contribution in [0.5, 0.6) is 5.75 Å². The van der Waals surface area contributed by atoms with Gasteiger partial charge in [0.15, 0.2) is 4.80 Å². The second-order valence-electron chi connectivity index (χ2n) is 8.94. The highest BCUT2D eigenvalue weighted by Gasteiger charge is 2.33. The highest BCUT2D eigenvalue weighted by Crippen LogP contribution is 2.32. The zero-order valence-corrected chi connectivity index (χ0v) is 24.2. The predicted molar refractivity (Wildman–Crippen MR) is 156 cm³/mol. The van der Waals surface area contributed by atoms with Crippen molar-refractivity contribution in [1.29, 1.82) is 5.26 Å². The molecule has 0 bridgehead atoms. The third-order valence-corrected chi connectivity index (χ3v) is 8.02. The van der Waals surface area contributed by atoms with Crippen LogP contribution in [0.25, 0.3) is 6.08 Å². The van der Waals surface area contributed by atoms with E-state index in [4.69, 9.17) is 14.5 Å². The standard InChI is InChI=1S/C31H24BrN3O4S/c1-3-24-27(30(37)38-2)28(19-9-5-4-6-10-19)35-29(36)26(40-31(35)34-24)16-22-15-23(32)13-14-25(22)39-18-21-12-8-7-11-20(21)17-33/h4-16,28H,3,18H2,1-2H3/b26-16+/t28-/m1/s1. The zero-order chi connectivity index (χ0) is 28.2. The van der Waals surface area contributed by atoms with Crippen molar-refractivity contribution < 1.29 is 14.3 Å². The first-order valence-corrected chi connectivity index (χ1v) is 14.1. The number of methoxy groups -OCH3 is 1. The van der Waals surface area contributed by atoms with Crippen molar-refractivity contribution in [3.63, 3.8) is 0 Å².